The number of rotatable bonds is 3. The molecule has 0 aromatic rings. The van der Waals surface area contributed by atoms with Crippen LogP contribution in [0.25, 0.3) is 0 Å². The standard InChI is InChI=1S/C15H30N2/c1-14(2,3)16-11-12-7-8-13(12)17-10-6-9-15(17,4)5/h12-13,16H,6-11H2,1-5H3. The predicted molar refractivity (Wildman–Crippen MR) is 74.3 cm³/mol. The molecule has 2 unspecified atom stereocenters. The van der Waals surface area contributed by atoms with Gasteiger partial charge in [-0.1, -0.05) is 0 Å². The van der Waals surface area contributed by atoms with E-state index in [-0.39, 0.29) is 5.54 Å². The van der Waals surface area contributed by atoms with Gasteiger partial charge < -0.3 is 5.32 Å². The number of nitrogens with one attached hydrogen (secondary N) is 1. The second kappa shape index (κ2) is 4.55. The van der Waals surface area contributed by atoms with E-state index in [0.29, 0.717) is 5.54 Å². The van der Waals surface area contributed by atoms with Crippen LogP contribution < -0.4 is 5.32 Å². The normalized spacial score (nSPS) is 33.7. The Balaban J connectivity index is 1.86. The lowest BCUT2D eigenvalue weighted by Crippen LogP contribution is -2.56. The first kappa shape index (κ1) is 13.4. The molecule has 2 heteroatoms. The summed E-state index contributed by atoms with van der Waals surface area (Å²) in [5, 5.41) is 3.68. The van der Waals surface area contributed by atoms with Crippen LogP contribution >= 0.6 is 0 Å². The third kappa shape index (κ3) is 3.03. The quantitative estimate of drug-likeness (QED) is 0.813. The molecule has 0 radical (unpaired) electrons. The fraction of sp³-hybridized carbons (Fsp3) is 1.00. The summed E-state index contributed by atoms with van der Waals surface area (Å²) in [6, 6.07) is 0.849. The Hall–Kier alpha value is -0.0800. The molecule has 1 aliphatic carbocycles. The van der Waals surface area contributed by atoms with Crippen molar-refractivity contribution in [3.63, 3.8) is 0 Å². The summed E-state index contributed by atoms with van der Waals surface area (Å²) in [5.41, 5.74) is 0.714. The second-order valence-corrected chi connectivity index (χ2v) is 7.65. The van der Waals surface area contributed by atoms with Gasteiger partial charge in [0.25, 0.3) is 0 Å². The van der Waals surface area contributed by atoms with Crippen LogP contribution in [0.3, 0.4) is 0 Å². The SMILES string of the molecule is CC(C)(C)NCC1CCC1N1CCCC1(C)C. The topological polar surface area (TPSA) is 15.3 Å². The highest BCUT2D eigenvalue weighted by atomic mass is 15.3. The Morgan fingerprint density at radius 2 is 1.94 bits per heavy atom. The average molecular weight is 238 g/mol. The van der Waals surface area contributed by atoms with Crippen molar-refractivity contribution >= 4 is 0 Å². The molecule has 2 aliphatic rings. The first-order chi connectivity index (χ1) is 7.80. The van der Waals surface area contributed by atoms with Crippen molar-refractivity contribution in [1.29, 1.82) is 0 Å². The van der Waals surface area contributed by atoms with Gasteiger partial charge in [0.05, 0.1) is 0 Å². The van der Waals surface area contributed by atoms with Gasteiger partial charge in [-0.15, -0.1) is 0 Å². The van der Waals surface area contributed by atoms with Crippen LogP contribution in [0.4, 0.5) is 0 Å². The maximum atomic E-state index is 3.68. The van der Waals surface area contributed by atoms with Crippen LogP contribution in [0.5, 0.6) is 0 Å². The van der Waals surface area contributed by atoms with Gasteiger partial charge in [-0.3, -0.25) is 4.90 Å². The molecule has 0 bridgehead atoms. The molecule has 2 nitrogen and oxygen atoms in total. The molecule has 2 rings (SSSR count). The van der Waals surface area contributed by atoms with Gasteiger partial charge in [-0.2, -0.15) is 0 Å². The van der Waals surface area contributed by atoms with E-state index in [1.807, 2.05) is 0 Å². The van der Waals surface area contributed by atoms with Gasteiger partial charge in [-0.05, 0) is 79.3 Å². The Kier molecular flexibility index (Phi) is 3.57. The van der Waals surface area contributed by atoms with E-state index in [1.54, 1.807) is 0 Å². The lowest BCUT2D eigenvalue weighted by molar-refractivity contribution is 0.0154. The minimum Gasteiger partial charge on any atom is -0.312 e. The van der Waals surface area contributed by atoms with Crippen LogP contribution in [0.2, 0.25) is 0 Å². The highest BCUT2D eigenvalue weighted by Gasteiger charge is 2.43. The molecule has 1 saturated heterocycles. The molecule has 1 aliphatic heterocycles. The van der Waals surface area contributed by atoms with Gasteiger partial charge in [0.15, 0.2) is 0 Å². The minimum atomic E-state index is 0.265. The van der Waals surface area contributed by atoms with E-state index < -0.39 is 0 Å². The van der Waals surface area contributed by atoms with Gasteiger partial charge >= 0.3 is 0 Å². The summed E-state index contributed by atoms with van der Waals surface area (Å²) in [4.78, 5) is 2.78. The third-order valence-electron chi connectivity index (χ3n) is 4.64. The van der Waals surface area contributed by atoms with Crippen LogP contribution in [0.15, 0.2) is 0 Å². The Labute approximate surface area is 107 Å². The molecule has 1 heterocycles. The third-order valence-corrected chi connectivity index (χ3v) is 4.64. The number of nitrogens with zero attached hydrogens (tertiary/aromatic N) is 1. The summed E-state index contributed by atoms with van der Waals surface area (Å²) in [6.45, 7) is 14.2. The fourth-order valence-corrected chi connectivity index (χ4v) is 3.38. The average Bonchev–Trinajstić information content (AvgIpc) is 2.43. The largest absolute Gasteiger partial charge is 0.312 e. The van der Waals surface area contributed by atoms with Gasteiger partial charge in [0.1, 0.15) is 0 Å². The molecule has 2 fully saturated rings. The van der Waals surface area contributed by atoms with E-state index in [0.717, 1.165) is 12.0 Å². The maximum absolute atomic E-state index is 3.68. The second-order valence-electron chi connectivity index (χ2n) is 7.65. The summed E-state index contributed by atoms with van der Waals surface area (Å²) in [7, 11) is 0. The summed E-state index contributed by atoms with van der Waals surface area (Å²) >= 11 is 0. The van der Waals surface area contributed by atoms with E-state index in [2.05, 4.69) is 44.8 Å². The van der Waals surface area contributed by atoms with Crippen LogP contribution in [0, 0.1) is 5.92 Å². The highest BCUT2D eigenvalue weighted by Crippen LogP contribution is 2.40. The molecule has 2 atom stereocenters. The maximum Gasteiger partial charge on any atom is 0.0156 e. The van der Waals surface area contributed by atoms with Crippen molar-refractivity contribution in [1.82, 2.24) is 10.2 Å². The summed E-state index contributed by atoms with van der Waals surface area (Å²) in [6.07, 6.45) is 5.60. The van der Waals surface area contributed by atoms with Crippen LogP contribution in [0.1, 0.15) is 60.3 Å². The molecule has 0 spiro atoms. The van der Waals surface area contributed by atoms with E-state index in [1.165, 1.54) is 38.8 Å². The first-order valence-electron chi connectivity index (χ1n) is 7.31. The molecular formula is C15H30N2. The Morgan fingerprint density at radius 3 is 2.35 bits per heavy atom. The zero-order valence-electron chi connectivity index (χ0n) is 12.3. The van der Waals surface area contributed by atoms with Crippen molar-refractivity contribution in [3.05, 3.63) is 0 Å². The van der Waals surface area contributed by atoms with Gasteiger partial charge in [0, 0.05) is 17.1 Å². The molecule has 0 aromatic carbocycles. The molecule has 1 saturated carbocycles. The van der Waals surface area contributed by atoms with Crippen LogP contribution in [-0.2, 0) is 0 Å². The number of hydrogen-bond acceptors (Lipinski definition) is 2. The predicted octanol–water partition coefficient (Wildman–Crippen LogP) is 3.03. The van der Waals surface area contributed by atoms with Gasteiger partial charge in [0.2, 0.25) is 0 Å². The lowest BCUT2D eigenvalue weighted by atomic mass is 9.76. The van der Waals surface area contributed by atoms with Crippen LogP contribution in [-0.4, -0.2) is 35.1 Å². The van der Waals surface area contributed by atoms with E-state index in [9.17, 15) is 0 Å². The summed E-state index contributed by atoms with van der Waals surface area (Å²) in [5.74, 6) is 0.881. The monoisotopic (exact) mass is 238 g/mol. The van der Waals surface area contributed by atoms with Crippen molar-refractivity contribution in [2.24, 2.45) is 5.92 Å². The molecular weight excluding hydrogens is 208 g/mol. The lowest BCUT2D eigenvalue weighted by Gasteiger charge is -2.49. The van der Waals surface area contributed by atoms with E-state index >= 15 is 0 Å². The minimum absolute atomic E-state index is 0.265. The summed E-state index contributed by atoms with van der Waals surface area (Å²) < 4.78 is 0. The zero-order chi connectivity index (χ0) is 12.7. The van der Waals surface area contributed by atoms with Crippen molar-refractivity contribution in [3.8, 4) is 0 Å². The van der Waals surface area contributed by atoms with E-state index in [4.69, 9.17) is 0 Å². The Bertz CT molecular complexity index is 265. The van der Waals surface area contributed by atoms with Crippen molar-refractivity contribution in [2.75, 3.05) is 13.1 Å². The molecule has 0 amide bonds. The number of likely N-dealkylation sites (tertiary alicyclic amines) is 1. The first-order valence-corrected chi connectivity index (χ1v) is 7.31. The zero-order valence-corrected chi connectivity index (χ0v) is 12.3. The Morgan fingerprint density at radius 1 is 1.24 bits per heavy atom. The molecule has 17 heavy (non-hydrogen) atoms. The molecule has 0 aromatic heterocycles. The fourth-order valence-electron chi connectivity index (χ4n) is 3.38. The smallest absolute Gasteiger partial charge is 0.0156 e. The molecule has 1 N–H and O–H groups in total. The highest BCUT2D eigenvalue weighted by molar-refractivity contribution is 4.99. The van der Waals surface area contributed by atoms with Crippen molar-refractivity contribution in [2.45, 2.75) is 77.4 Å². The van der Waals surface area contributed by atoms with Crippen molar-refractivity contribution < 1.29 is 0 Å². The van der Waals surface area contributed by atoms with Gasteiger partial charge in [-0.25, -0.2) is 0 Å². The number of hydrogen-bond donors (Lipinski definition) is 1. The molecule has 100 valence electrons.